The van der Waals surface area contributed by atoms with E-state index >= 15 is 0 Å². The first-order valence-electron chi connectivity index (χ1n) is 8.79. The molecule has 4 rings (SSSR count). The number of fused-ring (bicyclic) bond motifs is 1. The van der Waals surface area contributed by atoms with E-state index in [9.17, 15) is 13.2 Å². The van der Waals surface area contributed by atoms with E-state index in [1.165, 1.54) is 4.31 Å². The van der Waals surface area contributed by atoms with Gasteiger partial charge in [0.1, 0.15) is 9.96 Å². The summed E-state index contributed by atoms with van der Waals surface area (Å²) in [5.74, 6) is 0.273. The molecule has 1 aromatic carbocycles. The highest BCUT2D eigenvalue weighted by Gasteiger charge is 2.39. The number of hydrogen-bond acceptors (Lipinski definition) is 5. The maximum Gasteiger partial charge on any atom is 0.274 e. The van der Waals surface area contributed by atoms with Crippen LogP contribution in [0, 0.1) is 0 Å². The lowest BCUT2D eigenvalue weighted by atomic mass is 10.1. The van der Waals surface area contributed by atoms with Crippen molar-refractivity contribution in [3.05, 3.63) is 40.2 Å². The van der Waals surface area contributed by atoms with Crippen molar-refractivity contribution in [2.75, 3.05) is 23.9 Å². The van der Waals surface area contributed by atoms with E-state index < -0.39 is 16.1 Å². The number of hydrogen-bond donors (Lipinski definition) is 0. The van der Waals surface area contributed by atoms with Gasteiger partial charge >= 0.3 is 0 Å². The SMILES string of the molecule is O=C([C@H]1CN(S(=O)(=O)c2ccc(Br)s2)c2ccccc2O1)N1CCCCC1. The predicted octanol–water partition coefficient (Wildman–Crippen LogP) is 3.48. The number of carbonyl (C=O) groups excluding carboxylic acids is 1. The molecule has 0 aliphatic carbocycles. The number of halogens is 1. The molecule has 2 aromatic rings. The maximum absolute atomic E-state index is 13.2. The number of ether oxygens (including phenoxy) is 1. The van der Waals surface area contributed by atoms with E-state index in [-0.39, 0.29) is 16.7 Å². The van der Waals surface area contributed by atoms with Gasteiger partial charge in [-0.15, -0.1) is 11.3 Å². The van der Waals surface area contributed by atoms with Gasteiger partial charge in [0.25, 0.3) is 15.9 Å². The highest BCUT2D eigenvalue weighted by Crippen LogP contribution is 2.39. The normalized spacial score (nSPS) is 20.1. The molecule has 0 bridgehead atoms. The molecule has 3 heterocycles. The Morgan fingerprint density at radius 2 is 1.85 bits per heavy atom. The molecule has 144 valence electrons. The largest absolute Gasteiger partial charge is 0.476 e. The highest BCUT2D eigenvalue weighted by molar-refractivity contribution is 9.11. The lowest BCUT2D eigenvalue weighted by Gasteiger charge is -2.37. The average Bonchev–Trinajstić information content (AvgIpc) is 3.14. The number of amides is 1. The number of para-hydroxylation sites is 2. The predicted molar refractivity (Wildman–Crippen MR) is 108 cm³/mol. The summed E-state index contributed by atoms with van der Waals surface area (Å²) >= 11 is 4.47. The Hall–Kier alpha value is -1.58. The number of carbonyl (C=O) groups is 1. The van der Waals surface area contributed by atoms with E-state index in [0.717, 1.165) is 34.4 Å². The Kier molecular flexibility index (Phi) is 5.17. The Morgan fingerprint density at radius 1 is 1.11 bits per heavy atom. The first-order chi connectivity index (χ1) is 13.0. The standard InChI is InChI=1S/C18H19BrN2O4S2/c19-16-8-9-17(26-16)27(23,24)21-12-15(18(22)20-10-4-1-5-11-20)25-14-7-3-2-6-13(14)21/h2-3,6-9,15H,1,4-5,10-12H2/t15-/m1/s1. The van der Waals surface area contributed by atoms with Gasteiger partial charge in [-0.2, -0.15) is 0 Å². The third kappa shape index (κ3) is 3.60. The van der Waals surface area contributed by atoms with Gasteiger partial charge in [0.05, 0.1) is 16.0 Å². The summed E-state index contributed by atoms with van der Waals surface area (Å²) in [5.41, 5.74) is 0.463. The molecule has 0 unspecified atom stereocenters. The molecule has 2 aliphatic rings. The van der Waals surface area contributed by atoms with Crippen LogP contribution in [0.2, 0.25) is 0 Å². The summed E-state index contributed by atoms with van der Waals surface area (Å²) in [4.78, 5) is 14.7. The molecule has 0 saturated carbocycles. The van der Waals surface area contributed by atoms with Crippen molar-refractivity contribution < 1.29 is 17.9 Å². The van der Waals surface area contributed by atoms with Crippen molar-refractivity contribution in [1.82, 2.24) is 4.90 Å². The van der Waals surface area contributed by atoms with Crippen LogP contribution in [0.5, 0.6) is 5.75 Å². The number of nitrogens with zero attached hydrogens (tertiary/aromatic N) is 2. The van der Waals surface area contributed by atoms with Crippen LogP contribution in [0.25, 0.3) is 0 Å². The maximum atomic E-state index is 13.2. The van der Waals surface area contributed by atoms with Gasteiger partial charge in [-0.25, -0.2) is 8.42 Å². The zero-order chi connectivity index (χ0) is 19.0. The molecule has 0 radical (unpaired) electrons. The Labute approximate surface area is 170 Å². The molecule has 9 heteroatoms. The smallest absolute Gasteiger partial charge is 0.274 e. The number of sulfonamides is 1. The van der Waals surface area contributed by atoms with Gasteiger partial charge in [-0.05, 0) is 59.5 Å². The molecule has 0 N–H and O–H groups in total. The summed E-state index contributed by atoms with van der Waals surface area (Å²) in [6, 6.07) is 10.2. The minimum atomic E-state index is -3.78. The monoisotopic (exact) mass is 470 g/mol. The fourth-order valence-electron chi connectivity index (χ4n) is 3.42. The summed E-state index contributed by atoms with van der Waals surface area (Å²) in [7, 11) is -3.78. The quantitative estimate of drug-likeness (QED) is 0.688. The van der Waals surface area contributed by atoms with E-state index in [1.54, 1.807) is 41.3 Å². The first kappa shape index (κ1) is 18.8. The van der Waals surface area contributed by atoms with Crippen LogP contribution >= 0.6 is 27.3 Å². The van der Waals surface area contributed by atoms with Crippen molar-refractivity contribution in [1.29, 1.82) is 0 Å². The number of rotatable bonds is 3. The number of likely N-dealkylation sites (tertiary alicyclic amines) is 1. The van der Waals surface area contributed by atoms with Crippen molar-refractivity contribution in [2.45, 2.75) is 29.6 Å². The molecule has 27 heavy (non-hydrogen) atoms. The summed E-state index contributed by atoms with van der Waals surface area (Å²) in [6.45, 7) is 1.38. The molecule has 1 fully saturated rings. The van der Waals surface area contributed by atoms with Gasteiger partial charge in [0, 0.05) is 13.1 Å². The molecular weight excluding hydrogens is 452 g/mol. The molecule has 1 amide bonds. The van der Waals surface area contributed by atoms with Gasteiger partial charge < -0.3 is 9.64 Å². The Morgan fingerprint density at radius 3 is 2.56 bits per heavy atom. The average molecular weight is 471 g/mol. The van der Waals surface area contributed by atoms with Gasteiger partial charge in [-0.3, -0.25) is 9.10 Å². The lowest BCUT2D eigenvalue weighted by molar-refractivity contribution is -0.139. The minimum Gasteiger partial charge on any atom is -0.476 e. The highest BCUT2D eigenvalue weighted by atomic mass is 79.9. The second kappa shape index (κ2) is 7.44. The van der Waals surface area contributed by atoms with Gasteiger partial charge in [-0.1, -0.05) is 12.1 Å². The molecule has 1 atom stereocenters. The van der Waals surface area contributed by atoms with Gasteiger partial charge in [0.2, 0.25) is 0 Å². The van der Waals surface area contributed by atoms with Crippen molar-refractivity contribution in [2.24, 2.45) is 0 Å². The van der Waals surface area contributed by atoms with Crippen LogP contribution in [0.1, 0.15) is 19.3 Å². The Bertz CT molecular complexity index is 954. The molecular formula is C18H19BrN2O4S2. The van der Waals surface area contributed by atoms with E-state index in [4.69, 9.17) is 4.74 Å². The number of piperidine rings is 1. The minimum absolute atomic E-state index is 0.0236. The summed E-state index contributed by atoms with van der Waals surface area (Å²) in [6.07, 6.45) is 2.23. The fourth-order valence-corrected chi connectivity index (χ4v) is 7.02. The first-order valence-corrected chi connectivity index (χ1v) is 11.8. The number of anilines is 1. The number of thiophene rings is 1. The van der Waals surface area contributed by atoms with E-state index in [2.05, 4.69) is 15.9 Å². The van der Waals surface area contributed by atoms with Crippen LogP contribution < -0.4 is 9.04 Å². The van der Waals surface area contributed by atoms with Crippen LogP contribution in [-0.4, -0.2) is 45.0 Å². The zero-order valence-electron chi connectivity index (χ0n) is 14.5. The van der Waals surface area contributed by atoms with Crippen LogP contribution in [0.15, 0.2) is 44.4 Å². The van der Waals surface area contributed by atoms with E-state index in [0.29, 0.717) is 24.5 Å². The number of benzene rings is 1. The van der Waals surface area contributed by atoms with Crippen molar-refractivity contribution >= 4 is 48.9 Å². The molecule has 0 spiro atoms. The molecule has 2 aliphatic heterocycles. The zero-order valence-corrected chi connectivity index (χ0v) is 17.7. The van der Waals surface area contributed by atoms with Crippen LogP contribution in [0.3, 0.4) is 0 Å². The molecule has 1 saturated heterocycles. The molecule has 1 aromatic heterocycles. The van der Waals surface area contributed by atoms with Gasteiger partial charge in [0.15, 0.2) is 6.10 Å². The Balaban J connectivity index is 1.69. The lowest BCUT2D eigenvalue weighted by Crippen LogP contribution is -2.52. The van der Waals surface area contributed by atoms with Crippen LogP contribution in [0.4, 0.5) is 5.69 Å². The second-order valence-electron chi connectivity index (χ2n) is 6.55. The molecule has 6 nitrogen and oxygen atoms in total. The van der Waals surface area contributed by atoms with Crippen molar-refractivity contribution in [3.8, 4) is 5.75 Å². The summed E-state index contributed by atoms with van der Waals surface area (Å²) in [5, 5.41) is 0. The van der Waals surface area contributed by atoms with Crippen LogP contribution in [-0.2, 0) is 14.8 Å². The fraction of sp³-hybridized carbons (Fsp3) is 0.389. The van der Waals surface area contributed by atoms with Crippen molar-refractivity contribution in [3.63, 3.8) is 0 Å². The summed E-state index contributed by atoms with van der Waals surface area (Å²) < 4.78 is 34.7. The topological polar surface area (TPSA) is 66.9 Å². The third-order valence-electron chi connectivity index (χ3n) is 4.77. The second-order valence-corrected chi connectivity index (χ2v) is 11.1. The van der Waals surface area contributed by atoms with E-state index in [1.807, 2.05) is 0 Å². The third-order valence-corrected chi connectivity index (χ3v) is 8.64.